The van der Waals surface area contributed by atoms with Gasteiger partial charge in [-0.25, -0.2) is 4.79 Å². The third-order valence-electron chi connectivity index (χ3n) is 6.76. The zero-order valence-electron chi connectivity index (χ0n) is 24.7. The van der Waals surface area contributed by atoms with E-state index in [4.69, 9.17) is 9.47 Å². The van der Waals surface area contributed by atoms with Gasteiger partial charge in [-0.1, -0.05) is 30.3 Å². The van der Waals surface area contributed by atoms with Crippen molar-refractivity contribution in [3.05, 3.63) is 64.7 Å². The molecule has 0 unspecified atom stereocenters. The molecule has 12 heteroatoms. The molecule has 1 N–H and O–H groups in total. The van der Waals surface area contributed by atoms with Crippen LogP contribution in [-0.4, -0.2) is 85.2 Å². The van der Waals surface area contributed by atoms with Crippen molar-refractivity contribution in [2.75, 3.05) is 52.3 Å². The lowest BCUT2D eigenvalue weighted by molar-refractivity contribution is -0.139. The summed E-state index contributed by atoms with van der Waals surface area (Å²) in [5.74, 6) is -0.544. The maximum atomic E-state index is 13.7. The number of hydrogen-bond acceptors (Lipinski definition) is 6. The van der Waals surface area contributed by atoms with Gasteiger partial charge in [0.25, 0.3) is 0 Å². The first-order valence-electron chi connectivity index (χ1n) is 13.7. The van der Waals surface area contributed by atoms with Crippen LogP contribution in [0, 0.1) is 0 Å². The monoisotopic (exact) mass is 592 g/mol. The largest absolute Gasteiger partial charge is 0.444 e. The lowest BCUT2D eigenvalue weighted by atomic mass is 9.97. The molecule has 0 aromatic heterocycles. The van der Waals surface area contributed by atoms with E-state index in [-0.39, 0.29) is 44.3 Å². The number of benzene rings is 2. The topological polar surface area (TPSA) is 91.4 Å². The molecule has 9 nitrogen and oxygen atoms in total. The van der Waals surface area contributed by atoms with Gasteiger partial charge in [0.1, 0.15) is 12.2 Å². The molecule has 0 fully saturated rings. The van der Waals surface area contributed by atoms with E-state index in [1.807, 2.05) is 18.2 Å². The van der Waals surface area contributed by atoms with Gasteiger partial charge in [-0.15, -0.1) is 0 Å². The number of rotatable bonds is 10. The summed E-state index contributed by atoms with van der Waals surface area (Å²) in [6.45, 7) is 5.68. The quantitative estimate of drug-likeness (QED) is 0.436. The third kappa shape index (κ3) is 9.10. The van der Waals surface area contributed by atoms with Crippen LogP contribution in [0.15, 0.2) is 42.5 Å². The van der Waals surface area contributed by atoms with Crippen LogP contribution in [-0.2, 0) is 44.7 Å². The fourth-order valence-corrected chi connectivity index (χ4v) is 4.62. The molecule has 1 heterocycles. The molecule has 2 aromatic carbocycles. The number of carbonyl (C=O) groups is 3. The van der Waals surface area contributed by atoms with Crippen molar-refractivity contribution < 1.29 is 37.0 Å². The van der Waals surface area contributed by atoms with Crippen LogP contribution < -0.4 is 5.32 Å². The average Bonchev–Trinajstić information content (AvgIpc) is 2.92. The van der Waals surface area contributed by atoms with Crippen molar-refractivity contribution >= 4 is 23.6 Å². The van der Waals surface area contributed by atoms with Crippen molar-refractivity contribution in [1.82, 2.24) is 14.7 Å². The molecule has 42 heavy (non-hydrogen) atoms. The number of carbonyl (C=O) groups excluding carboxylic acids is 3. The Morgan fingerprint density at radius 2 is 1.74 bits per heavy atom. The number of alkyl halides is 3. The molecule has 2 aromatic rings. The van der Waals surface area contributed by atoms with E-state index in [1.165, 1.54) is 42.2 Å². The number of amides is 3. The number of hydrogen-bond donors (Lipinski definition) is 1. The van der Waals surface area contributed by atoms with Crippen LogP contribution in [0.3, 0.4) is 0 Å². The normalized spacial score (nSPS) is 13.3. The first-order chi connectivity index (χ1) is 19.7. The van der Waals surface area contributed by atoms with Crippen LogP contribution >= 0.6 is 0 Å². The molecule has 0 atom stereocenters. The van der Waals surface area contributed by atoms with Crippen LogP contribution in [0.25, 0.3) is 0 Å². The molecule has 3 amide bonds. The van der Waals surface area contributed by atoms with Gasteiger partial charge in [0.05, 0.1) is 12.1 Å². The lowest BCUT2D eigenvalue weighted by Gasteiger charge is -2.31. The highest BCUT2D eigenvalue weighted by Gasteiger charge is 2.34. The molecule has 1 aliphatic rings. The highest BCUT2D eigenvalue weighted by Crippen LogP contribution is 2.32. The predicted molar refractivity (Wildman–Crippen MR) is 152 cm³/mol. The summed E-state index contributed by atoms with van der Waals surface area (Å²) < 4.78 is 51.4. The third-order valence-corrected chi connectivity index (χ3v) is 6.76. The zero-order valence-corrected chi connectivity index (χ0v) is 24.7. The van der Waals surface area contributed by atoms with E-state index in [0.29, 0.717) is 19.5 Å². The van der Waals surface area contributed by atoms with Gasteiger partial charge in [0, 0.05) is 52.6 Å². The number of ether oxygens (including phenoxy) is 2. The summed E-state index contributed by atoms with van der Waals surface area (Å²) in [4.78, 5) is 42.5. The Balaban J connectivity index is 1.76. The summed E-state index contributed by atoms with van der Waals surface area (Å²) in [5, 5.41) is 3.15. The molecule has 1 aliphatic heterocycles. The van der Waals surface area contributed by atoms with Crippen molar-refractivity contribution in [3.63, 3.8) is 0 Å². The summed E-state index contributed by atoms with van der Waals surface area (Å²) in [5.41, 5.74) is 1.06. The fraction of sp³-hybridized carbons (Fsp3) is 0.500. The number of methoxy groups -OCH3 is 1. The smallest absolute Gasteiger partial charge is 0.416 e. The van der Waals surface area contributed by atoms with Gasteiger partial charge in [0.2, 0.25) is 11.8 Å². The highest BCUT2D eigenvalue weighted by atomic mass is 19.4. The first kappa shape index (κ1) is 32.7. The van der Waals surface area contributed by atoms with E-state index in [2.05, 4.69) is 5.32 Å². The number of halogens is 3. The molecule has 230 valence electrons. The second-order valence-corrected chi connectivity index (χ2v) is 11.2. The van der Waals surface area contributed by atoms with Gasteiger partial charge in [0.15, 0.2) is 0 Å². The molecular formula is C30H39F3N4O5. The maximum Gasteiger partial charge on any atom is 0.416 e. The zero-order chi connectivity index (χ0) is 31.1. The predicted octanol–water partition coefficient (Wildman–Crippen LogP) is 4.54. The van der Waals surface area contributed by atoms with Crippen molar-refractivity contribution in [2.24, 2.45) is 0 Å². The first-order valence-corrected chi connectivity index (χ1v) is 13.7. The maximum absolute atomic E-state index is 13.7. The van der Waals surface area contributed by atoms with Gasteiger partial charge in [-0.3, -0.25) is 9.59 Å². The minimum Gasteiger partial charge on any atom is -0.444 e. The van der Waals surface area contributed by atoms with Gasteiger partial charge < -0.3 is 29.5 Å². The average molecular weight is 593 g/mol. The molecular weight excluding hydrogens is 553 g/mol. The van der Waals surface area contributed by atoms with Crippen molar-refractivity contribution in [2.45, 2.75) is 52.1 Å². The Bertz CT molecular complexity index is 1260. The Morgan fingerprint density at radius 1 is 1.02 bits per heavy atom. The van der Waals surface area contributed by atoms with Crippen LogP contribution in [0.4, 0.5) is 23.7 Å². The SMILES string of the molecule is COCC(=O)N1CCc2c(cccc2NCC(=O)N(CCN(C)C(=O)OC(C)(C)C)Cc2ccccc2C(F)(F)F)C1. The minimum absolute atomic E-state index is 0.00179. The Hall–Kier alpha value is -3.80. The van der Waals surface area contributed by atoms with E-state index < -0.39 is 29.3 Å². The summed E-state index contributed by atoms with van der Waals surface area (Å²) in [6, 6.07) is 10.7. The van der Waals surface area contributed by atoms with Crippen LogP contribution in [0.5, 0.6) is 0 Å². The van der Waals surface area contributed by atoms with Crippen LogP contribution in [0.1, 0.15) is 43.0 Å². The molecule has 0 radical (unpaired) electrons. The summed E-state index contributed by atoms with van der Waals surface area (Å²) >= 11 is 0. The minimum atomic E-state index is -4.58. The van der Waals surface area contributed by atoms with Crippen molar-refractivity contribution in [3.8, 4) is 0 Å². The van der Waals surface area contributed by atoms with Gasteiger partial charge >= 0.3 is 12.3 Å². The summed E-state index contributed by atoms with van der Waals surface area (Å²) in [6.07, 6.45) is -4.61. The Labute approximate surface area is 244 Å². The Morgan fingerprint density at radius 3 is 2.40 bits per heavy atom. The Kier molecular flexibility index (Phi) is 10.8. The van der Waals surface area contributed by atoms with E-state index >= 15 is 0 Å². The molecule has 0 saturated carbocycles. The van der Waals surface area contributed by atoms with Crippen LogP contribution in [0.2, 0.25) is 0 Å². The molecule has 0 saturated heterocycles. The van der Waals surface area contributed by atoms with E-state index in [9.17, 15) is 27.6 Å². The van der Waals surface area contributed by atoms with Gasteiger partial charge in [-0.2, -0.15) is 13.2 Å². The number of nitrogens with one attached hydrogen (secondary N) is 1. The fourth-order valence-electron chi connectivity index (χ4n) is 4.62. The van der Waals surface area contributed by atoms with Crippen molar-refractivity contribution in [1.29, 1.82) is 0 Å². The number of anilines is 1. The lowest BCUT2D eigenvalue weighted by Crippen LogP contribution is -2.43. The van der Waals surface area contributed by atoms with E-state index in [1.54, 1.807) is 25.7 Å². The number of nitrogens with zero attached hydrogens (tertiary/aromatic N) is 3. The molecule has 0 aliphatic carbocycles. The second-order valence-electron chi connectivity index (χ2n) is 11.2. The molecule has 3 rings (SSSR count). The standard InChI is InChI=1S/C30H39F3N4O5/c1-29(2,3)42-28(40)35(4)15-16-37(19-22-9-6-7-11-24(22)30(31,32)33)26(38)17-34-25-12-8-10-21-18-36(14-13-23(21)25)27(39)20-41-5/h6-12,34H,13-20H2,1-5H3. The second kappa shape index (κ2) is 13.9. The summed E-state index contributed by atoms with van der Waals surface area (Å²) in [7, 11) is 2.98. The number of fused-ring (bicyclic) bond motifs is 1. The molecule has 0 bridgehead atoms. The highest BCUT2D eigenvalue weighted by molar-refractivity contribution is 5.82. The van der Waals surface area contributed by atoms with Gasteiger partial charge in [-0.05, 0) is 56.0 Å². The number of likely N-dealkylation sites (N-methyl/N-ethyl adjacent to an activating group) is 1. The van der Waals surface area contributed by atoms with E-state index in [0.717, 1.165) is 22.9 Å². The molecule has 0 spiro atoms.